The van der Waals surface area contributed by atoms with Gasteiger partial charge in [0.15, 0.2) is 0 Å². The average Bonchev–Trinajstić information content (AvgIpc) is 3.09. The monoisotopic (exact) mass is 495 g/mol. The van der Waals surface area contributed by atoms with Gasteiger partial charge in [-0.1, -0.05) is 34.1 Å². The lowest BCUT2D eigenvalue weighted by Crippen LogP contribution is -2.57. The van der Waals surface area contributed by atoms with Gasteiger partial charge in [-0.2, -0.15) is 0 Å². The quantitative estimate of drug-likeness (QED) is 0.444. The number of hydrogen-bond donors (Lipinski definition) is 1. The molecule has 4 rings (SSSR count). The van der Waals surface area contributed by atoms with Crippen LogP contribution in [0.5, 0.6) is 0 Å². The van der Waals surface area contributed by atoms with Crippen LogP contribution in [-0.2, 0) is 19.6 Å². The predicted octanol–water partition coefficient (Wildman–Crippen LogP) is 5.92. The molecule has 3 unspecified atom stereocenters. The van der Waals surface area contributed by atoms with Gasteiger partial charge in [0.25, 0.3) is 0 Å². The molecule has 2 N–H and O–H groups in total. The van der Waals surface area contributed by atoms with Crippen LogP contribution >= 0.6 is 0 Å². The Kier molecular flexibility index (Phi) is 7.53. The molecular formula is C28H49NO4S. The molecule has 34 heavy (non-hydrogen) atoms. The zero-order chi connectivity index (χ0) is 24.9. The number of rotatable bonds is 7. The van der Waals surface area contributed by atoms with Crippen molar-refractivity contribution in [3.05, 3.63) is 0 Å². The van der Waals surface area contributed by atoms with Gasteiger partial charge in [-0.05, 0) is 116 Å². The van der Waals surface area contributed by atoms with Gasteiger partial charge < -0.3 is 4.74 Å². The first-order valence-corrected chi connectivity index (χ1v) is 15.8. The Bertz CT molecular complexity index is 858. The van der Waals surface area contributed by atoms with E-state index in [1.807, 2.05) is 0 Å². The van der Waals surface area contributed by atoms with Crippen LogP contribution in [-0.4, -0.2) is 26.2 Å². The first kappa shape index (κ1) is 26.4. The minimum Gasteiger partial charge on any atom is -0.463 e. The highest BCUT2D eigenvalue weighted by Crippen LogP contribution is 2.69. The number of carbonyl (C=O) groups excluding carboxylic acids is 1. The van der Waals surface area contributed by atoms with Crippen LogP contribution in [0.25, 0.3) is 0 Å². The fourth-order valence-electron chi connectivity index (χ4n) is 10.0. The molecule has 0 bridgehead atoms. The normalized spacial score (nSPS) is 45.1. The summed E-state index contributed by atoms with van der Waals surface area (Å²) in [6.45, 7) is 11.4. The number of carbonyl (C=O) groups is 1. The SMILES string of the molecule is CC[C@H]1CC2C3CC[C@H]([C@H](C)CCCS(N)(=O)=O)[C@@]3(C)CCC2[C@@]2(C)CC[C@H](OC(C)=O)C[C@@H]12. The van der Waals surface area contributed by atoms with E-state index in [9.17, 15) is 13.2 Å². The van der Waals surface area contributed by atoms with Crippen LogP contribution in [0.15, 0.2) is 0 Å². The van der Waals surface area contributed by atoms with E-state index in [2.05, 4.69) is 27.7 Å². The van der Waals surface area contributed by atoms with Gasteiger partial charge >= 0.3 is 5.97 Å². The van der Waals surface area contributed by atoms with Gasteiger partial charge in [-0.25, -0.2) is 13.6 Å². The highest BCUT2D eigenvalue weighted by atomic mass is 32.2. The number of nitrogens with two attached hydrogens (primary N) is 1. The Labute approximate surface area is 208 Å². The molecule has 0 aromatic rings. The van der Waals surface area contributed by atoms with E-state index in [0.717, 1.165) is 42.9 Å². The molecule has 0 aliphatic heterocycles. The molecule has 0 amide bonds. The van der Waals surface area contributed by atoms with Crippen LogP contribution in [0.2, 0.25) is 0 Å². The highest BCUT2D eigenvalue weighted by Gasteiger charge is 2.62. The molecule has 4 fully saturated rings. The summed E-state index contributed by atoms with van der Waals surface area (Å²) in [5.74, 6) is 5.07. The molecule has 4 saturated carbocycles. The average molecular weight is 496 g/mol. The molecule has 5 nitrogen and oxygen atoms in total. The molecule has 0 heterocycles. The van der Waals surface area contributed by atoms with Crippen molar-refractivity contribution in [1.82, 2.24) is 0 Å². The van der Waals surface area contributed by atoms with E-state index in [1.165, 1.54) is 44.9 Å². The largest absolute Gasteiger partial charge is 0.463 e. The second-order valence-electron chi connectivity index (χ2n) is 13.1. The second kappa shape index (κ2) is 9.68. The van der Waals surface area contributed by atoms with E-state index >= 15 is 0 Å². The third kappa shape index (κ3) is 4.84. The number of primary sulfonamides is 1. The summed E-state index contributed by atoms with van der Waals surface area (Å²) in [7, 11) is -3.36. The standard InChI is InChI=1S/C28H49NO4S/c1-6-20-16-22-24-10-9-23(18(2)8-7-15-34(29,31)32)27(24,4)14-12-25(22)28(5)13-11-21(17-26(20)28)33-19(3)30/h18,20-26H,6-17H2,1-5H3,(H2,29,31,32)/t18-,20+,21+,22?,23-,24?,25?,26+,27-,28-/m1/s1. The lowest BCUT2D eigenvalue weighted by molar-refractivity contribution is -0.170. The molecule has 4 aliphatic carbocycles. The van der Waals surface area contributed by atoms with Gasteiger partial charge in [-0.15, -0.1) is 0 Å². The van der Waals surface area contributed by atoms with Gasteiger partial charge in [0.1, 0.15) is 6.10 Å². The predicted molar refractivity (Wildman–Crippen MR) is 136 cm³/mol. The highest BCUT2D eigenvalue weighted by molar-refractivity contribution is 7.89. The summed E-state index contributed by atoms with van der Waals surface area (Å²) >= 11 is 0. The van der Waals surface area contributed by atoms with Crippen LogP contribution in [0.1, 0.15) is 105 Å². The molecule has 0 spiro atoms. The fourth-order valence-corrected chi connectivity index (χ4v) is 10.6. The van der Waals surface area contributed by atoms with Crippen molar-refractivity contribution in [2.24, 2.45) is 57.4 Å². The third-order valence-electron chi connectivity index (χ3n) is 11.5. The number of ether oxygens (including phenoxy) is 1. The van der Waals surface area contributed by atoms with Crippen molar-refractivity contribution in [3.8, 4) is 0 Å². The fraction of sp³-hybridized carbons (Fsp3) is 0.964. The maximum absolute atomic E-state index is 11.6. The summed E-state index contributed by atoms with van der Waals surface area (Å²) in [4.78, 5) is 11.6. The van der Waals surface area contributed by atoms with Gasteiger partial charge in [0, 0.05) is 6.92 Å². The Balaban J connectivity index is 1.50. The zero-order valence-corrected chi connectivity index (χ0v) is 23.0. The first-order valence-electron chi connectivity index (χ1n) is 14.1. The first-order chi connectivity index (χ1) is 15.9. The van der Waals surface area contributed by atoms with Crippen molar-refractivity contribution in [2.75, 3.05) is 5.75 Å². The molecule has 6 heteroatoms. The van der Waals surface area contributed by atoms with E-state index in [-0.39, 0.29) is 17.8 Å². The molecule has 4 aliphatic rings. The summed E-state index contributed by atoms with van der Waals surface area (Å²) in [5, 5.41) is 5.25. The number of esters is 1. The number of fused-ring (bicyclic) bond motifs is 5. The molecule has 0 aromatic heterocycles. The molecule has 0 radical (unpaired) electrons. The summed E-state index contributed by atoms with van der Waals surface area (Å²) in [5.41, 5.74) is 0.763. The minimum absolute atomic E-state index is 0.112. The van der Waals surface area contributed by atoms with Gasteiger partial charge in [-0.3, -0.25) is 4.79 Å². The summed E-state index contributed by atoms with van der Waals surface area (Å²) in [6.07, 6.45) is 12.9. The van der Waals surface area contributed by atoms with E-state index in [4.69, 9.17) is 9.88 Å². The maximum atomic E-state index is 11.6. The summed E-state index contributed by atoms with van der Waals surface area (Å²) < 4.78 is 28.5. The minimum atomic E-state index is -3.36. The van der Waals surface area contributed by atoms with Crippen LogP contribution in [0.3, 0.4) is 0 Å². The van der Waals surface area contributed by atoms with Crippen molar-refractivity contribution in [2.45, 2.75) is 111 Å². The Hall–Kier alpha value is -0.620. The number of sulfonamides is 1. The Morgan fingerprint density at radius 1 is 1.03 bits per heavy atom. The van der Waals surface area contributed by atoms with E-state index in [0.29, 0.717) is 35.0 Å². The molecule has 0 saturated heterocycles. The molecule has 0 aromatic carbocycles. The summed E-state index contributed by atoms with van der Waals surface area (Å²) in [6, 6.07) is 0. The third-order valence-corrected chi connectivity index (χ3v) is 12.4. The lowest BCUT2D eigenvalue weighted by Gasteiger charge is -2.63. The van der Waals surface area contributed by atoms with Gasteiger partial charge in [0.2, 0.25) is 10.0 Å². The zero-order valence-electron chi connectivity index (χ0n) is 22.2. The Morgan fingerprint density at radius 2 is 1.71 bits per heavy atom. The van der Waals surface area contributed by atoms with Crippen molar-refractivity contribution in [3.63, 3.8) is 0 Å². The topological polar surface area (TPSA) is 86.5 Å². The van der Waals surface area contributed by atoms with Crippen molar-refractivity contribution < 1.29 is 17.9 Å². The molecular weight excluding hydrogens is 446 g/mol. The smallest absolute Gasteiger partial charge is 0.302 e. The van der Waals surface area contributed by atoms with Crippen LogP contribution in [0.4, 0.5) is 0 Å². The van der Waals surface area contributed by atoms with Gasteiger partial charge in [0.05, 0.1) is 5.75 Å². The molecule has 196 valence electrons. The second-order valence-corrected chi connectivity index (χ2v) is 14.8. The van der Waals surface area contributed by atoms with Crippen molar-refractivity contribution in [1.29, 1.82) is 0 Å². The molecule has 10 atom stereocenters. The van der Waals surface area contributed by atoms with Crippen LogP contribution in [0, 0.1) is 52.3 Å². The lowest BCUT2D eigenvalue weighted by atomic mass is 9.42. The Morgan fingerprint density at radius 3 is 2.35 bits per heavy atom. The van der Waals surface area contributed by atoms with Crippen molar-refractivity contribution >= 4 is 16.0 Å². The van der Waals surface area contributed by atoms with Crippen LogP contribution < -0.4 is 5.14 Å². The van der Waals surface area contributed by atoms with E-state index < -0.39 is 10.0 Å². The maximum Gasteiger partial charge on any atom is 0.302 e. The van der Waals surface area contributed by atoms with E-state index in [1.54, 1.807) is 6.92 Å². The number of hydrogen-bond acceptors (Lipinski definition) is 4.